The van der Waals surface area contributed by atoms with Gasteiger partial charge in [-0.3, -0.25) is 9.98 Å². The molecule has 29 heavy (non-hydrogen) atoms. The summed E-state index contributed by atoms with van der Waals surface area (Å²) in [5.41, 5.74) is 2.97. The van der Waals surface area contributed by atoms with Crippen LogP contribution in [0, 0.1) is 13.8 Å². The van der Waals surface area contributed by atoms with Crippen LogP contribution in [-0.4, -0.2) is 31.6 Å². The number of hydrogen-bond donors (Lipinski definition) is 2. The zero-order valence-corrected chi connectivity index (χ0v) is 19.2. The van der Waals surface area contributed by atoms with Crippen LogP contribution in [0.1, 0.15) is 27.9 Å². The van der Waals surface area contributed by atoms with E-state index >= 15 is 0 Å². The van der Waals surface area contributed by atoms with E-state index in [-0.39, 0.29) is 24.0 Å². The van der Waals surface area contributed by atoms with Crippen molar-refractivity contribution in [3.8, 4) is 5.75 Å². The Morgan fingerprint density at radius 2 is 1.79 bits per heavy atom. The van der Waals surface area contributed by atoms with Crippen LogP contribution >= 0.6 is 24.0 Å². The van der Waals surface area contributed by atoms with Gasteiger partial charge >= 0.3 is 6.18 Å². The number of alkyl halides is 3. The van der Waals surface area contributed by atoms with Gasteiger partial charge in [0.25, 0.3) is 0 Å². The number of nitrogens with one attached hydrogen (secondary N) is 2. The highest BCUT2D eigenvalue weighted by atomic mass is 127. The van der Waals surface area contributed by atoms with Gasteiger partial charge in [0.15, 0.2) is 5.96 Å². The van der Waals surface area contributed by atoms with Gasteiger partial charge < -0.3 is 15.4 Å². The molecular formula is C20H26F3IN4O. The third kappa shape index (κ3) is 7.06. The summed E-state index contributed by atoms with van der Waals surface area (Å²) in [6, 6.07) is 5.18. The molecule has 0 radical (unpaired) electrons. The first kappa shape index (κ1) is 25.0. The summed E-state index contributed by atoms with van der Waals surface area (Å²) < 4.78 is 43.2. The Labute approximate surface area is 186 Å². The van der Waals surface area contributed by atoms with Crippen molar-refractivity contribution in [3.05, 3.63) is 58.4 Å². The Bertz CT molecular complexity index is 824. The molecule has 0 fully saturated rings. The number of rotatable bonds is 6. The number of aryl methyl sites for hydroxylation is 1. The number of aromatic nitrogens is 1. The maximum absolute atomic E-state index is 12.6. The maximum atomic E-state index is 12.6. The maximum Gasteiger partial charge on any atom is 0.416 e. The normalized spacial score (nSPS) is 11.6. The predicted molar refractivity (Wildman–Crippen MR) is 119 cm³/mol. The lowest BCUT2D eigenvalue weighted by molar-refractivity contribution is -0.137. The number of hydrogen-bond acceptors (Lipinski definition) is 3. The number of ether oxygens (including phenoxy) is 1. The molecule has 0 bridgehead atoms. The number of pyridine rings is 1. The molecule has 1 aromatic carbocycles. The fourth-order valence-electron chi connectivity index (χ4n) is 2.82. The van der Waals surface area contributed by atoms with Crippen LogP contribution in [0.15, 0.2) is 35.5 Å². The highest BCUT2D eigenvalue weighted by Crippen LogP contribution is 2.29. The number of halogens is 4. The van der Waals surface area contributed by atoms with Crippen LogP contribution in [0.3, 0.4) is 0 Å². The fraction of sp³-hybridized carbons (Fsp3) is 0.400. The molecule has 2 aromatic rings. The molecule has 0 aliphatic heterocycles. The smallest absolute Gasteiger partial charge is 0.416 e. The second-order valence-electron chi connectivity index (χ2n) is 6.34. The summed E-state index contributed by atoms with van der Waals surface area (Å²) in [6.07, 6.45) is -1.97. The summed E-state index contributed by atoms with van der Waals surface area (Å²) in [5, 5.41) is 6.33. The molecule has 0 aliphatic carbocycles. The Morgan fingerprint density at radius 3 is 2.34 bits per heavy atom. The highest BCUT2D eigenvalue weighted by Gasteiger charge is 2.29. The van der Waals surface area contributed by atoms with Gasteiger partial charge in [-0.25, -0.2) is 0 Å². The number of methoxy groups -OCH3 is 1. The molecule has 0 aliphatic rings. The van der Waals surface area contributed by atoms with Crippen molar-refractivity contribution in [2.75, 3.05) is 20.7 Å². The van der Waals surface area contributed by atoms with Crippen LogP contribution < -0.4 is 15.4 Å². The molecule has 0 spiro atoms. The van der Waals surface area contributed by atoms with Crippen LogP contribution in [-0.2, 0) is 19.1 Å². The first-order valence-electron chi connectivity index (χ1n) is 8.86. The van der Waals surface area contributed by atoms with Crippen molar-refractivity contribution in [1.29, 1.82) is 0 Å². The molecule has 0 saturated carbocycles. The molecular weight excluding hydrogens is 496 g/mol. The predicted octanol–water partition coefficient (Wildman–Crippen LogP) is 4.25. The van der Waals surface area contributed by atoms with E-state index < -0.39 is 11.7 Å². The lowest BCUT2D eigenvalue weighted by atomic mass is 10.1. The monoisotopic (exact) mass is 522 g/mol. The van der Waals surface area contributed by atoms with Crippen LogP contribution in [0.2, 0.25) is 0 Å². The van der Waals surface area contributed by atoms with Crippen molar-refractivity contribution in [1.82, 2.24) is 15.6 Å². The van der Waals surface area contributed by atoms with Crippen molar-refractivity contribution in [2.24, 2.45) is 4.99 Å². The van der Waals surface area contributed by atoms with Crippen molar-refractivity contribution >= 4 is 29.9 Å². The third-order valence-electron chi connectivity index (χ3n) is 4.38. The first-order chi connectivity index (χ1) is 13.3. The average Bonchev–Trinajstić information content (AvgIpc) is 2.66. The van der Waals surface area contributed by atoms with Gasteiger partial charge in [0, 0.05) is 30.9 Å². The minimum absolute atomic E-state index is 0. The van der Waals surface area contributed by atoms with E-state index in [4.69, 9.17) is 4.74 Å². The van der Waals surface area contributed by atoms with Gasteiger partial charge in [-0.2, -0.15) is 13.2 Å². The van der Waals surface area contributed by atoms with E-state index in [2.05, 4.69) is 20.6 Å². The topological polar surface area (TPSA) is 58.5 Å². The molecule has 0 unspecified atom stereocenters. The van der Waals surface area contributed by atoms with Crippen molar-refractivity contribution in [2.45, 2.75) is 33.0 Å². The first-order valence-corrected chi connectivity index (χ1v) is 8.86. The highest BCUT2D eigenvalue weighted by molar-refractivity contribution is 14.0. The minimum Gasteiger partial charge on any atom is -0.496 e. The number of benzene rings is 1. The van der Waals surface area contributed by atoms with Crippen LogP contribution in [0.25, 0.3) is 0 Å². The molecule has 2 N–H and O–H groups in total. The minimum atomic E-state index is -4.31. The van der Waals surface area contributed by atoms with E-state index in [9.17, 15) is 13.2 Å². The molecule has 2 rings (SSSR count). The van der Waals surface area contributed by atoms with Gasteiger partial charge in [-0.1, -0.05) is 12.1 Å². The van der Waals surface area contributed by atoms with E-state index in [0.717, 1.165) is 40.3 Å². The average molecular weight is 522 g/mol. The van der Waals surface area contributed by atoms with E-state index in [1.165, 1.54) is 12.1 Å². The van der Waals surface area contributed by atoms with Crippen LogP contribution in [0.5, 0.6) is 5.75 Å². The molecule has 9 heteroatoms. The number of aliphatic imine (C=N–C) groups is 1. The molecule has 0 saturated heterocycles. The zero-order chi connectivity index (χ0) is 20.7. The molecule has 1 aromatic heterocycles. The summed E-state index contributed by atoms with van der Waals surface area (Å²) in [6.45, 7) is 4.91. The Hall–Kier alpha value is -2.04. The quantitative estimate of drug-likeness (QED) is 0.339. The summed E-state index contributed by atoms with van der Waals surface area (Å²) in [4.78, 5) is 8.59. The molecule has 160 valence electrons. The second kappa shape index (κ2) is 11.2. The molecule has 1 heterocycles. The van der Waals surface area contributed by atoms with Crippen LogP contribution in [0.4, 0.5) is 13.2 Å². The summed E-state index contributed by atoms with van der Waals surface area (Å²) in [7, 11) is 3.29. The van der Waals surface area contributed by atoms with E-state index in [0.29, 0.717) is 25.5 Å². The van der Waals surface area contributed by atoms with Gasteiger partial charge in [0.1, 0.15) is 5.75 Å². The molecule has 0 amide bonds. The van der Waals surface area contributed by atoms with Gasteiger partial charge in [0.05, 0.1) is 24.9 Å². The number of nitrogens with zero attached hydrogens (tertiary/aromatic N) is 2. The van der Waals surface area contributed by atoms with Gasteiger partial charge in [0.2, 0.25) is 0 Å². The molecule has 0 atom stereocenters. The number of guanidine groups is 1. The summed E-state index contributed by atoms with van der Waals surface area (Å²) in [5.74, 6) is 1.41. The zero-order valence-electron chi connectivity index (χ0n) is 16.9. The lowest BCUT2D eigenvalue weighted by Gasteiger charge is -2.15. The summed E-state index contributed by atoms with van der Waals surface area (Å²) >= 11 is 0. The van der Waals surface area contributed by atoms with Crippen molar-refractivity contribution < 1.29 is 17.9 Å². The van der Waals surface area contributed by atoms with E-state index in [1.54, 1.807) is 20.4 Å². The second-order valence-corrected chi connectivity index (χ2v) is 6.34. The Morgan fingerprint density at radius 1 is 1.14 bits per heavy atom. The largest absolute Gasteiger partial charge is 0.496 e. The Balaban J connectivity index is 0.00000420. The Kier molecular flexibility index (Phi) is 9.67. The third-order valence-corrected chi connectivity index (χ3v) is 4.38. The molecule has 5 nitrogen and oxygen atoms in total. The standard InChI is InChI=1S/C20H25F3N4O.HI/c1-13-11-26-17(14(2)18(13)28-4)12-27-19(24-3)25-10-9-15-5-7-16(8-6-15)20(21,22)23;/h5-8,11H,9-10,12H2,1-4H3,(H2,24,25,27);1H. The lowest BCUT2D eigenvalue weighted by Crippen LogP contribution is -2.38. The SMILES string of the molecule is CN=C(NCCc1ccc(C(F)(F)F)cc1)NCc1ncc(C)c(OC)c1C.I. The fourth-order valence-corrected chi connectivity index (χ4v) is 2.82. The van der Waals surface area contributed by atoms with Gasteiger partial charge in [-0.05, 0) is 38.0 Å². The van der Waals surface area contributed by atoms with Gasteiger partial charge in [-0.15, -0.1) is 24.0 Å². The van der Waals surface area contributed by atoms with Crippen molar-refractivity contribution in [3.63, 3.8) is 0 Å². The van der Waals surface area contributed by atoms with E-state index in [1.807, 2.05) is 13.8 Å².